The Morgan fingerprint density at radius 1 is 1.44 bits per heavy atom. The van der Waals surface area contributed by atoms with Gasteiger partial charge in [-0.15, -0.1) is 0 Å². The van der Waals surface area contributed by atoms with E-state index in [1.165, 1.54) is 6.92 Å². The van der Waals surface area contributed by atoms with E-state index in [9.17, 15) is 9.59 Å². The second kappa shape index (κ2) is 6.74. The van der Waals surface area contributed by atoms with Crippen molar-refractivity contribution < 1.29 is 14.3 Å². The number of amides is 1. The highest BCUT2D eigenvalue weighted by atomic mass is 16.5. The molecule has 1 rings (SSSR count). The predicted octanol–water partition coefficient (Wildman–Crippen LogP) is 1.92. The minimum Gasteiger partial charge on any atom is -0.445 e. The van der Waals surface area contributed by atoms with Gasteiger partial charge in [0.05, 0.1) is 6.04 Å². The number of ether oxygens (including phenoxy) is 1. The van der Waals surface area contributed by atoms with Crippen LogP contribution >= 0.6 is 0 Å². The second-order valence-electron chi connectivity index (χ2n) is 4.41. The standard InChI is InChI=1S/C13H18N2O3/c1-9(2)12(10(3)16)15-13(17)18-8-11-5-4-6-14-7-11/h4-7,9,12H,8H2,1-3H3,(H,15,17)/t12-/m0/s1. The van der Waals surface area contributed by atoms with E-state index >= 15 is 0 Å². The predicted molar refractivity (Wildman–Crippen MR) is 66.9 cm³/mol. The lowest BCUT2D eigenvalue weighted by Crippen LogP contribution is -2.43. The fraction of sp³-hybridized carbons (Fsp3) is 0.462. The molecule has 0 fully saturated rings. The highest BCUT2D eigenvalue weighted by Gasteiger charge is 2.21. The number of nitrogens with one attached hydrogen (secondary N) is 1. The normalized spacial score (nSPS) is 12.0. The lowest BCUT2D eigenvalue weighted by atomic mass is 10.0. The molecule has 0 saturated carbocycles. The number of Topliss-reactive ketones (excluding diaryl/α,β-unsaturated/α-hetero) is 1. The Labute approximate surface area is 107 Å². The monoisotopic (exact) mass is 250 g/mol. The van der Waals surface area contributed by atoms with Gasteiger partial charge in [0.1, 0.15) is 6.61 Å². The van der Waals surface area contributed by atoms with Crippen molar-refractivity contribution >= 4 is 11.9 Å². The van der Waals surface area contributed by atoms with E-state index in [0.29, 0.717) is 0 Å². The smallest absolute Gasteiger partial charge is 0.408 e. The SMILES string of the molecule is CC(=O)[C@@H](NC(=O)OCc1cccnc1)C(C)C. The highest BCUT2D eigenvalue weighted by molar-refractivity contribution is 5.85. The summed E-state index contributed by atoms with van der Waals surface area (Å²) in [6.45, 7) is 5.33. The van der Waals surface area contributed by atoms with Crippen LogP contribution < -0.4 is 5.32 Å². The van der Waals surface area contributed by atoms with Gasteiger partial charge in [-0.3, -0.25) is 9.78 Å². The van der Waals surface area contributed by atoms with E-state index in [1.807, 2.05) is 19.9 Å². The van der Waals surface area contributed by atoms with E-state index in [4.69, 9.17) is 4.74 Å². The average molecular weight is 250 g/mol. The molecule has 18 heavy (non-hydrogen) atoms. The second-order valence-corrected chi connectivity index (χ2v) is 4.41. The van der Waals surface area contributed by atoms with Crippen LogP contribution in [-0.4, -0.2) is 22.9 Å². The summed E-state index contributed by atoms with van der Waals surface area (Å²) in [7, 11) is 0. The van der Waals surface area contributed by atoms with Gasteiger partial charge in [-0.2, -0.15) is 0 Å². The highest BCUT2D eigenvalue weighted by Crippen LogP contribution is 2.04. The minimum absolute atomic E-state index is 0.0356. The Kier molecular flexibility index (Phi) is 5.30. The Hall–Kier alpha value is -1.91. The van der Waals surface area contributed by atoms with Crippen molar-refractivity contribution in [3.63, 3.8) is 0 Å². The number of rotatable bonds is 5. The van der Waals surface area contributed by atoms with Crippen LogP contribution in [0.1, 0.15) is 26.3 Å². The van der Waals surface area contributed by atoms with Gasteiger partial charge in [0.25, 0.3) is 0 Å². The third-order valence-electron chi connectivity index (χ3n) is 2.47. The van der Waals surface area contributed by atoms with Gasteiger partial charge in [-0.05, 0) is 18.9 Å². The number of ketones is 1. The molecule has 0 aliphatic carbocycles. The Morgan fingerprint density at radius 2 is 2.17 bits per heavy atom. The minimum atomic E-state index is -0.590. The molecule has 0 radical (unpaired) electrons. The molecule has 1 aromatic heterocycles. The first-order chi connectivity index (χ1) is 8.50. The zero-order valence-corrected chi connectivity index (χ0v) is 10.8. The van der Waals surface area contributed by atoms with Gasteiger partial charge in [0, 0.05) is 18.0 Å². The maximum atomic E-state index is 11.5. The Morgan fingerprint density at radius 3 is 2.67 bits per heavy atom. The molecule has 0 bridgehead atoms. The van der Waals surface area contributed by atoms with Crippen molar-refractivity contribution in [2.75, 3.05) is 0 Å². The quantitative estimate of drug-likeness (QED) is 0.866. The van der Waals surface area contributed by atoms with Gasteiger partial charge >= 0.3 is 6.09 Å². The van der Waals surface area contributed by atoms with Crippen molar-refractivity contribution in [1.29, 1.82) is 0 Å². The molecule has 0 spiro atoms. The number of nitrogens with zero attached hydrogens (tertiary/aromatic N) is 1. The number of alkyl carbamates (subject to hydrolysis) is 1. The number of aromatic nitrogens is 1. The van der Waals surface area contributed by atoms with Gasteiger partial charge in [-0.25, -0.2) is 4.79 Å². The van der Waals surface area contributed by atoms with Crippen LogP contribution in [0.3, 0.4) is 0 Å². The Bertz CT molecular complexity index is 404. The van der Waals surface area contributed by atoms with Crippen molar-refractivity contribution in [2.45, 2.75) is 33.4 Å². The maximum absolute atomic E-state index is 11.5. The fourth-order valence-corrected chi connectivity index (χ4v) is 1.54. The molecule has 0 unspecified atom stereocenters. The summed E-state index contributed by atoms with van der Waals surface area (Å²) in [5.74, 6) is -0.0447. The molecular formula is C13H18N2O3. The first kappa shape index (κ1) is 14.2. The summed E-state index contributed by atoms with van der Waals surface area (Å²) >= 11 is 0. The van der Waals surface area contributed by atoms with E-state index in [0.717, 1.165) is 5.56 Å². The van der Waals surface area contributed by atoms with E-state index in [1.54, 1.807) is 18.5 Å². The van der Waals surface area contributed by atoms with Gasteiger partial charge in [-0.1, -0.05) is 19.9 Å². The number of hydrogen-bond acceptors (Lipinski definition) is 4. The van der Waals surface area contributed by atoms with Crippen LogP contribution in [0.2, 0.25) is 0 Å². The molecule has 1 atom stereocenters. The van der Waals surface area contributed by atoms with Crippen LogP contribution in [0.4, 0.5) is 4.79 Å². The molecule has 0 aliphatic heterocycles. The molecular weight excluding hydrogens is 232 g/mol. The van der Waals surface area contributed by atoms with Gasteiger partial charge < -0.3 is 10.1 Å². The molecule has 5 nitrogen and oxygen atoms in total. The van der Waals surface area contributed by atoms with Crippen molar-refractivity contribution in [3.8, 4) is 0 Å². The zero-order chi connectivity index (χ0) is 13.5. The topological polar surface area (TPSA) is 68.3 Å². The molecule has 0 aromatic carbocycles. The number of hydrogen-bond donors (Lipinski definition) is 1. The molecule has 0 aliphatic rings. The van der Waals surface area contributed by atoms with Crippen LogP contribution in [0, 0.1) is 5.92 Å². The van der Waals surface area contributed by atoms with Gasteiger partial charge in [0.15, 0.2) is 5.78 Å². The summed E-state index contributed by atoms with van der Waals surface area (Å²) in [5.41, 5.74) is 0.802. The first-order valence-corrected chi connectivity index (χ1v) is 5.83. The van der Waals surface area contributed by atoms with E-state index in [2.05, 4.69) is 10.3 Å². The van der Waals surface area contributed by atoms with E-state index < -0.39 is 12.1 Å². The zero-order valence-electron chi connectivity index (χ0n) is 10.8. The Balaban J connectivity index is 2.44. The third kappa shape index (κ3) is 4.53. The van der Waals surface area contributed by atoms with Crippen LogP contribution in [0.5, 0.6) is 0 Å². The molecule has 1 N–H and O–H groups in total. The van der Waals surface area contributed by atoms with Crippen LogP contribution in [0.15, 0.2) is 24.5 Å². The third-order valence-corrected chi connectivity index (χ3v) is 2.47. The lowest BCUT2D eigenvalue weighted by molar-refractivity contribution is -0.119. The first-order valence-electron chi connectivity index (χ1n) is 5.83. The molecule has 98 valence electrons. The summed E-state index contributed by atoms with van der Waals surface area (Å²) in [6.07, 6.45) is 2.68. The molecule has 1 aromatic rings. The van der Waals surface area contributed by atoms with Crippen LogP contribution in [-0.2, 0) is 16.1 Å². The number of pyridine rings is 1. The fourth-order valence-electron chi connectivity index (χ4n) is 1.54. The van der Waals surface area contributed by atoms with Crippen molar-refractivity contribution in [1.82, 2.24) is 10.3 Å². The largest absolute Gasteiger partial charge is 0.445 e. The van der Waals surface area contributed by atoms with Crippen LogP contribution in [0.25, 0.3) is 0 Å². The molecule has 1 amide bonds. The number of carbonyl (C=O) groups excluding carboxylic acids is 2. The summed E-state index contributed by atoms with van der Waals surface area (Å²) in [4.78, 5) is 26.8. The van der Waals surface area contributed by atoms with Crippen molar-refractivity contribution in [3.05, 3.63) is 30.1 Å². The van der Waals surface area contributed by atoms with Gasteiger partial charge in [0.2, 0.25) is 0 Å². The maximum Gasteiger partial charge on any atom is 0.408 e. The molecule has 0 saturated heterocycles. The summed E-state index contributed by atoms with van der Waals surface area (Å²) in [6, 6.07) is 3.07. The summed E-state index contributed by atoms with van der Waals surface area (Å²) < 4.78 is 5.02. The molecule has 1 heterocycles. The molecule has 5 heteroatoms. The summed E-state index contributed by atoms with van der Waals surface area (Å²) in [5, 5.41) is 2.56. The number of carbonyl (C=O) groups is 2. The average Bonchev–Trinajstić information content (AvgIpc) is 2.34. The lowest BCUT2D eigenvalue weighted by Gasteiger charge is -2.19. The van der Waals surface area contributed by atoms with E-state index in [-0.39, 0.29) is 18.3 Å². The van der Waals surface area contributed by atoms with Crippen molar-refractivity contribution in [2.24, 2.45) is 5.92 Å².